The van der Waals surface area contributed by atoms with Crippen LogP contribution in [0.3, 0.4) is 0 Å². The van der Waals surface area contributed by atoms with Crippen LogP contribution in [-0.2, 0) is 4.79 Å². The molecule has 21 heavy (non-hydrogen) atoms. The smallest absolute Gasteiger partial charge is 0.328 e. The molecule has 1 N–H and O–H groups in total. The average Bonchev–Trinajstić information content (AvgIpc) is 2.43. The van der Waals surface area contributed by atoms with Crippen LogP contribution in [0.4, 0.5) is 4.39 Å². The van der Waals surface area contributed by atoms with E-state index in [2.05, 4.69) is 15.9 Å². The third-order valence-corrected chi connectivity index (χ3v) is 3.30. The quantitative estimate of drug-likeness (QED) is 0.758. The Morgan fingerprint density at radius 3 is 2.76 bits per heavy atom. The number of carboxylic acids is 1. The number of aliphatic carboxylic acids is 1. The van der Waals surface area contributed by atoms with Gasteiger partial charge in [-0.2, -0.15) is 0 Å². The summed E-state index contributed by atoms with van der Waals surface area (Å²) in [6.07, 6.45) is 2.34. The first-order valence-corrected chi connectivity index (χ1v) is 6.97. The standard InChI is InChI=1S/C15H9BrClFO3/c16-10-6-4-9(5-7-14(19)20)13(8-10)21-12-3-1-2-11(17)15(12)18/h1-8H,(H,19,20)/b7-5+. The van der Waals surface area contributed by atoms with Crippen molar-refractivity contribution in [3.8, 4) is 11.5 Å². The van der Waals surface area contributed by atoms with Crippen molar-refractivity contribution in [2.24, 2.45) is 0 Å². The second-order valence-corrected chi connectivity index (χ2v) is 5.33. The van der Waals surface area contributed by atoms with E-state index in [9.17, 15) is 9.18 Å². The van der Waals surface area contributed by atoms with Gasteiger partial charge in [-0.25, -0.2) is 9.18 Å². The molecule has 0 aromatic heterocycles. The highest BCUT2D eigenvalue weighted by atomic mass is 79.9. The van der Waals surface area contributed by atoms with E-state index in [1.54, 1.807) is 24.3 Å². The van der Waals surface area contributed by atoms with E-state index in [1.807, 2.05) is 0 Å². The zero-order valence-electron chi connectivity index (χ0n) is 10.5. The lowest BCUT2D eigenvalue weighted by Gasteiger charge is -2.10. The minimum absolute atomic E-state index is 0.0365. The molecule has 6 heteroatoms. The Kier molecular flexibility index (Phi) is 4.98. The fourth-order valence-corrected chi connectivity index (χ4v) is 2.08. The minimum Gasteiger partial charge on any atom is -0.478 e. The van der Waals surface area contributed by atoms with Crippen molar-refractivity contribution in [2.75, 3.05) is 0 Å². The largest absolute Gasteiger partial charge is 0.478 e. The lowest BCUT2D eigenvalue weighted by Crippen LogP contribution is -1.92. The Balaban J connectivity index is 2.40. The fraction of sp³-hybridized carbons (Fsp3) is 0. The molecule has 0 aliphatic heterocycles. The van der Waals surface area contributed by atoms with Crippen LogP contribution in [0.1, 0.15) is 5.56 Å². The number of carboxylic acid groups (broad SMARTS) is 1. The molecule has 0 heterocycles. The Hall–Kier alpha value is -1.85. The molecule has 0 amide bonds. The molecule has 0 fully saturated rings. The molecular weight excluding hydrogens is 363 g/mol. The topological polar surface area (TPSA) is 46.5 Å². The van der Waals surface area contributed by atoms with Crippen LogP contribution in [0.5, 0.6) is 11.5 Å². The first-order valence-electron chi connectivity index (χ1n) is 5.80. The molecule has 0 saturated carbocycles. The lowest BCUT2D eigenvalue weighted by atomic mass is 10.2. The lowest BCUT2D eigenvalue weighted by molar-refractivity contribution is -0.131. The molecule has 0 spiro atoms. The van der Waals surface area contributed by atoms with E-state index in [1.165, 1.54) is 18.2 Å². The van der Waals surface area contributed by atoms with Crippen molar-refractivity contribution >= 4 is 39.6 Å². The highest BCUT2D eigenvalue weighted by Gasteiger charge is 2.11. The van der Waals surface area contributed by atoms with E-state index in [-0.39, 0.29) is 10.8 Å². The first-order chi connectivity index (χ1) is 9.97. The molecule has 0 bridgehead atoms. The molecule has 2 aromatic carbocycles. The molecule has 2 aromatic rings. The van der Waals surface area contributed by atoms with Gasteiger partial charge < -0.3 is 9.84 Å². The molecule has 0 saturated heterocycles. The van der Waals surface area contributed by atoms with Gasteiger partial charge >= 0.3 is 5.97 Å². The predicted octanol–water partition coefficient (Wildman–Crippen LogP) is 5.13. The summed E-state index contributed by atoms with van der Waals surface area (Å²) in [5.41, 5.74) is 0.500. The Bertz CT molecular complexity index is 716. The molecule has 0 aliphatic carbocycles. The van der Waals surface area contributed by atoms with E-state index in [0.717, 1.165) is 6.08 Å². The zero-order chi connectivity index (χ0) is 15.4. The maximum absolute atomic E-state index is 13.9. The van der Waals surface area contributed by atoms with E-state index < -0.39 is 11.8 Å². The van der Waals surface area contributed by atoms with Gasteiger partial charge in [0.05, 0.1) is 5.02 Å². The van der Waals surface area contributed by atoms with Crippen LogP contribution < -0.4 is 4.74 Å². The summed E-state index contributed by atoms with van der Waals surface area (Å²) in [4.78, 5) is 10.6. The van der Waals surface area contributed by atoms with Crippen LogP contribution in [0.2, 0.25) is 5.02 Å². The maximum Gasteiger partial charge on any atom is 0.328 e. The van der Waals surface area contributed by atoms with Crippen molar-refractivity contribution in [3.63, 3.8) is 0 Å². The summed E-state index contributed by atoms with van der Waals surface area (Å²) in [6, 6.07) is 9.40. The number of hydrogen-bond acceptors (Lipinski definition) is 2. The van der Waals surface area contributed by atoms with Crippen LogP contribution >= 0.6 is 27.5 Å². The monoisotopic (exact) mass is 370 g/mol. The van der Waals surface area contributed by atoms with Gasteiger partial charge in [-0.15, -0.1) is 0 Å². The number of rotatable bonds is 4. The molecule has 0 aliphatic rings. The van der Waals surface area contributed by atoms with Gasteiger partial charge in [-0.05, 0) is 30.3 Å². The van der Waals surface area contributed by atoms with Crippen LogP contribution in [0, 0.1) is 5.82 Å². The van der Waals surface area contributed by atoms with Gasteiger partial charge in [0.2, 0.25) is 0 Å². The number of benzene rings is 2. The van der Waals surface area contributed by atoms with Crippen molar-refractivity contribution in [3.05, 3.63) is 63.4 Å². The third-order valence-electron chi connectivity index (χ3n) is 2.52. The number of carbonyl (C=O) groups is 1. The molecule has 0 radical (unpaired) electrons. The molecule has 0 atom stereocenters. The minimum atomic E-state index is -1.09. The second kappa shape index (κ2) is 6.74. The zero-order valence-corrected chi connectivity index (χ0v) is 12.9. The Morgan fingerprint density at radius 2 is 2.05 bits per heavy atom. The van der Waals surface area contributed by atoms with Crippen molar-refractivity contribution in [2.45, 2.75) is 0 Å². The normalized spacial score (nSPS) is 10.8. The third kappa shape index (κ3) is 4.06. The van der Waals surface area contributed by atoms with Gasteiger partial charge in [0, 0.05) is 16.1 Å². The van der Waals surface area contributed by atoms with Gasteiger partial charge in [0.15, 0.2) is 11.6 Å². The number of ether oxygens (including phenoxy) is 1. The number of hydrogen-bond donors (Lipinski definition) is 1. The van der Waals surface area contributed by atoms with Crippen molar-refractivity contribution in [1.29, 1.82) is 0 Å². The molecule has 0 unspecified atom stereocenters. The van der Waals surface area contributed by atoms with E-state index in [0.29, 0.717) is 15.8 Å². The van der Waals surface area contributed by atoms with Gasteiger partial charge in [-0.1, -0.05) is 39.7 Å². The van der Waals surface area contributed by atoms with E-state index >= 15 is 0 Å². The van der Waals surface area contributed by atoms with Crippen LogP contribution in [-0.4, -0.2) is 11.1 Å². The van der Waals surface area contributed by atoms with Crippen LogP contribution in [0.25, 0.3) is 6.08 Å². The van der Waals surface area contributed by atoms with Gasteiger partial charge in [0.1, 0.15) is 5.75 Å². The summed E-state index contributed by atoms with van der Waals surface area (Å²) in [7, 11) is 0. The maximum atomic E-state index is 13.9. The van der Waals surface area contributed by atoms with Gasteiger partial charge in [0.25, 0.3) is 0 Å². The van der Waals surface area contributed by atoms with Crippen molar-refractivity contribution < 1.29 is 19.0 Å². The highest BCUT2D eigenvalue weighted by Crippen LogP contribution is 2.33. The summed E-state index contributed by atoms with van der Waals surface area (Å²) < 4.78 is 20.1. The Morgan fingerprint density at radius 1 is 1.29 bits per heavy atom. The summed E-state index contributed by atoms with van der Waals surface area (Å²) in [6.45, 7) is 0. The van der Waals surface area contributed by atoms with Crippen LogP contribution in [0.15, 0.2) is 46.9 Å². The summed E-state index contributed by atoms with van der Waals surface area (Å²) in [5.74, 6) is -1.49. The highest BCUT2D eigenvalue weighted by molar-refractivity contribution is 9.10. The number of halogens is 3. The first kappa shape index (κ1) is 15.5. The molecular formula is C15H9BrClFO3. The fourth-order valence-electron chi connectivity index (χ4n) is 1.58. The molecule has 108 valence electrons. The SMILES string of the molecule is O=C(O)/C=C/c1ccc(Br)cc1Oc1cccc(Cl)c1F. The predicted molar refractivity (Wildman–Crippen MR) is 82.3 cm³/mol. The summed E-state index contributed by atoms with van der Waals surface area (Å²) in [5, 5.41) is 8.63. The van der Waals surface area contributed by atoms with Gasteiger partial charge in [-0.3, -0.25) is 0 Å². The molecule has 3 nitrogen and oxygen atoms in total. The van der Waals surface area contributed by atoms with Crippen molar-refractivity contribution in [1.82, 2.24) is 0 Å². The summed E-state index contributed by atoms with van der Waals surface area (Å²) >= 11 is 8.98. The Labute approximate surface area is 133 Å². The van der Waals surface area contributed by atoms with E-state index in [4.69, 9.17) is 21.4 Å². The molecule has 2 rings (SSSR count). The second-order valence-electron chi connectivity index (χ2n) is 4.01. The average molecular weight is 372 g/mol.